The van der Waals surface area contributed by atoms with Crippen molar-refractivity contribution in [3.8, 4) is 0 Å². The summed E-state index contributed by atoms with van der Waals surface area (Å²) in [4.78, 5) is 18.8. The quantitative estimate of drug-likeness (QED) is 0.178. The van der Waals surface area contributed by atoms with Crippen molar-refractivity contribution in [3.63, 3.8) is 0 Å². The zero-order valence-corrected chi connectivity index (χ0v) is 23.5. The lowest BCUT2D eigenvalue weighted by atomic mass is 9.71. The van der Waals surface area contributed by atoms with Crippen LogP contribution in [0.1, 0.15) is 170 Å². The van der Waals surface area contributed by atoms with Gasteiger partial charge in [-0.3, -0.25) is 4.79 Å². The van der Waals surface area contributed by atoms with Gasteiger partial charge < -0.3 is 4.84 Å². The van der Waals surface area contributed by atoms with Crippen LogP contribution in [0.4, 0.5) is 0 Å². The molecule has 33 heavy (non-hydrogen) atoms. The molecule has 1 heterocycles. The molecule has 1 saturated heterocycles. The Labute approximate surface area is 207 Å². The third-order valence-corrected chi connectivity index (χ3v) is 8.79. The molecule has 0 aromatic rings. The fraction of sp³-hybridized carbons (Fsp3) is 0.967. The van der Waals surface area contributed by atoms with Crippen molar-refractivity contribution in [2.45, 2.75) is 181 Å². The van der Waals surface area contributed by atoms with Crippen molar-refractivity contribution < 1.29 is 9.63 Å². The first-order valence-electron chi connectivity index (χ1n) is 14.8. The molecule has 3 unspecified atom stereocenters. The lowest BCUT2D eigenvalue weighted by Crippen LogP contribution is -2.64. The number of unbranched alkanes of at least 4 members (excludes halogenated alkanes) is 14. The number of hydrogen-bond donors (Lipinski definition) is 0. The zero-order chi connectivity index (χ0) is 24.6. The molecule has 0 aromatic carbocycles. The van der Waals surface area contributed by atoms with Gasteiger partial charge in [0.2, 0.25) is 0 Å². The number of hydrogen-bond acceptors (Lipinski definition) is 3. The van der Waals surface area contributed by atoms with Gasteiger partial charge in [-0.25, -0.2) is 0 Å². The number of carbonyl (C=O) groups excluding carboxylic acids is 1. The highest BCUT2D eigenvalue weighted by atomic mass is 16.7. The maximum Gasteiger partial charge on any atom is 0.325 e. The summed E-state index contributed by atoms with van der Waals surface area (Å²) in [5.41, 5.74) is -0.101. The molecule has 3 heteroatoms. The number of nitrogens with zero attached hydrogens (tertiary/aromatic N) is 1. The monoisotopic (exact) mass is 465 g/mol. The molecule has 1 fully saturated rings. The number of carbonyl (C=O) groups is 1. The van der Waals surface area contributed by atoms with Gasteiger partial charge in [0.25, 0.3) is 0 Å². The second-order valence-corrected chi connectivity index (χ2v) is 11.5. The van der Waals surface area contributed by atoms with E-state index >= 15 is 0 Å². The molecule has 0 aliphatic carbocycles. The molecule has 0 amide bonds. The van der Waals surface area contributed by atoms with Crippen LogP contribution in [0.25, 0.3) is 0 Å². The lowest BCUT2D eigenvalue weighted by Gasteiger charge is -2.55. The van der Waals surface area contributed by atoms with E-state index in [-0.39, 0.29) is 17.0 Å². The summed E-state index contributed by atoms with van der Waals surface area (Å²) in [6.45, 7) is 13.6. The summed E-state index contributed by atoms with van der Waals surface area (Å²) in [5, 5.41) is 2.11. The minimum absolute atomic E-state index is 0.0295. The van der Waals surface area contributed by atoms with Crippen molar-refractivity contribution in [2.24, 2.45) is 5.92 Å². The van der Waals surface area contributed by atoms with Crippen LogP contribution in [0.15, 0.2) is 0 Å². The Morgan fingerprint density at radius 3 is 1.64 bits per heavy atom. The standard InChI is InChI=1S/C30H59NO2/c1-7-10-11-12-13-14-15-16-17-18-19-20-21-22-23-24-28(32)33-31-29(5,8-2)26-25-27(4)30(31,6)9-3/h27H,7-26H2,1-6H3. The molecule has 0 N–H and O–H groups in total. The number of hydroxylamine groups is 2. The second kappa shape index (κ2) is 17.0. The fourth-order valence-corrected chi connectivity index (χ4v) is 5.57. The highest BCUT2D eigenvalue weighted by Crippen LogP contribution is 2.45. The summed E-state index contributed by atoms with van der Waals surface area (Å²) < 4.78 is 0. The third-order valence-electron chi connectivity index (χ3n) is 8.79. The predicted octanol–water partition coefficient (Wildman–Crippen LogP) is 9.78. The largest absolute Gasteiger partial charge is 0.367 e. The van der Waals surface area contributed by atoms with Gasteiger partial charge in [0.1, 0.15) is 0 Å². The van der Waals surface area contributed by atoms with E-state index in [0.717, 1.165) is 32.1 Å². The number of piperidine rings is 1. The van der Waals surface area contributed by atoms with Crippen LogP contribution in [0, 0.1) is 5.92 Å². The van der Waals surface area contributed by atoms with E-state index in [4.69, 9.17) is 4.84 Å². The van der Waals surface area contributed by atoms with Gasteiger partial charge in [0.15, 0.2) is 0 Å². The molecule has 0 spiro atoms. The molecule has 1 rings (SSSR count). The van der Waals surface area contributed by atoms with Gasteiger partial charge in [0, 0.05) is 6.42 Å². The lowest BCUT2D eigenvalue weighted by molar-refractivity contribution is -0.285. The van der Waals surface area contributed by atoms with E-state index < -0.39 is 0 Å². The Morgan fingerprint density at radius 2 is 1.21 bits per heavy atom. The van der Waals surface area contributed by atoms with E-state index in [1.54, 1.807) is 0 Å². The molecule has 3 atom stereocenters. The highest BCUT2D eigenvalue weighted by molar-refractivity contribution is 5.69. The summed E-state index contributed by atoms with van der Waals surface area (Å²) in [5.74, 6) is 0.513. The normalized spacial score (nSPS) is 25.9. The topological polar surface area (TPSA) is 29.5 Å². The predicted molar refractivity (Wildman–Crippen MR) is 143 cm³/mol. The first kappa shape index (κ1) is 30.5. The first-order valence-corrected chi connectivity index (χ1v) is 14.8. The summed E-state index contributed by atoms with van der Waals surface area (Å²) in [7, 11) is 0. The number of rotatable bonds is 19. The summed E-state index contributed by atoms with van der Waals surface area (Å²) >= 11 is 0. The minimum Gasteiger partial charge on any atom is -0.367 e. The van der Waals surface area contributed by atoms with Crippen molar-refractivity contribution in [1.29, 1.82) is 0 Å². The zero-order valence-electron chi connectivity index (χ0n) is 23.5. The van der Waals surface area contributed by atoms with Gasteiger partial charge in [-0.1, -0.05) is 118 Å². The van der Waals surface area contributed by atoms with Crippen LogP contribution >= 0.6 is 0 Å². The molecule has 1 aliphatic rings. The van der Waals surface area contributed by atoms with Crippen LogP contribution in [0.3, 0.4) is 0 Å². The van der Waals surface area contributed by atoms with Gasteiger partial charge in [-0.2, -0.15) is 0 Å². The fourth-order valence-electron chi connectivity index (χ4n) is 5.57. The van der Waals surface area contributed by atoms with E-state index in [9.17, 15) is 4.79 Å². The van der Waals surface area contributed by atoms with Gasteiger partial charge >= 0.3 is 5.97 Å². The van der Waals surface area contributed by atoms with Crippen LogP contribution in [-0.4, -0.2) is 22.1 Å². The molecular formula is C30H59NO2. The average molecular weight is 466 g/mol. The van der Waals surface area contributed by atoms with Crippen molar-refractivity contribution in [2.75, 3.05) is 0 Å². The van der Waals surface area contributed by atoms with Gasteiger partial charge in [0.05, 0.1) is 11.1 Å². The molecule has 0 bridgehead atoms. The Hall–Kier alpha value is -0.570. The van der Waals surface area contributed by atoms with Gasteiger partial charge in [-0.15, -0.1) is 5.06 Å². The van der Waals surface area contributed by atoms with Gasteiger partial charge in [-0.05, 0) is 51.9 Å². The smallest absolute Gasteiger partial charge is 0.325 e. The second-order valence-electron chi connectivity index (χ2n) is 11.5. The molecule has 0 saturated carbocycles. The first-order chi connectivity index (χ1) is 15.8. The Balaban J connectivity index is 2.11. The van der Waals surface area contributed by atoms with Crippen molar-refractivity contribution >= 4 is 5.97 Å². The van der Waals surface area contributed by atoms with Crippen LogP contribution in [0.2, 0.25) is 0 Å². The average Bonchev–Trinajstić information content (AvgIpc) is 2.82. The highest BCUT2D eigenvalue weighted by Gasteiger charge is 2.51. The minimum atomic E-state index is -0.0618. The maximum atomic E-state index is 12.7. The Morgan fingerprint density at radius 1 is 0.758 bits per heavy atom. The van der Waals surface area contributed by atoms with E-state index in [1.807, 2.05) is 0 Å². The molecule has 1 aliphatic heterocycles. The summed E-state index contributed by atoms with van der Waals surface area (Å²) in [6.07, 6.45) is 25.1. The van der Waals surface area contributed by atoms with Crippen molar-refractivity contribution in [1.82, 2.24) is 5.06 Å². The van der Waals surface area contributed by atoms with E-state index in [1.165, 1.54) is 89.9 Å². The maximum absolute atomic E-state index is 12.7. The molecule has 3 nitrogen and oxygen atoms in total. The molecule has 0 radical (unpaired) electrons. The molecule has 0 aromatic heterocycles. The van der Waals surface area contributed by atoms with Crippen molar-refractivity contribution in [3.05, 3.63) is 0 Å². The van der Waals surface area contributed by atoms with E-state index in [0.29, 0.717) is 12.3 Å². The summed E-state index contributed by atoms with van der Waals surface area (Å²) in [6, 6.07) is 0. The molecular weight excluding hydrogens is 406 g/mol. The van der Waals surface area contributed by atoms with E-state index in [2.05, 4.69) is 46.6 Å². The Kier molecular flexibility index (Phi) is 15.7. The van der Waals surface area contributed by atoms with Crippen LogP contribution in [-0.2, 0) is 9.63 Å². The third kappa shape index (κ3) is 10.7. The Bertz CT molecular complexity index is 508. The SMILES string of the molecule is CCCCCCCCCCCCCCCCCC(=O)ON1C(C)(CC)CCC(C)C1(C)CC. The van der Waals surface area contributed by atoms with Crippen LogP contribution in [0.5, 0.6) is 0 Å². The molecule has 196 valence electrons. The van der Waals surface area contributed by atoms with Crippen LogP contribution < -0.4 is 0 Å².